The van der Waals surface area contributed by atoms with Crippen LogP contribution in [0, 0.1) is 0 Å². The molecule has 1 amide bonds. The van der Waals surface area contributed by atoms with E-state index in [0.29, 0.717) is 24.9 Å². The van der Waals surface area contributed by atoms with Gasteiger partial charge >= 0.3 is 6.09 Å². The molecule has 0 radical (unpaired) electrons. The summed E-state index contributed by atoms with van der Waals surface area (Å²) in [7, 11) is 0. The fraction of sp³-hybridized carbons (Fsp3) is 0.846. The van der Waals surface area contributed by atoms with E-state index in [-0.39, 0.29) is 6.09 Å². The third-order valence-corrected chi connectivity index (χ3v) is 3.39. The maximum absolute atomic E-state index is 11.9. The minimum atomic E-state index is -0.433. The summed E-state index contributed by atoms with van der Waals surface area (Å²) in [4.78, 5) is 26.8. The first-order chi connectivity index (χ1) is 8.35. The number of rotatable bonds is 1. The average molecular weight is 254 g/mol. The Labute approximate surface area is 108 Å². The van der Waals surface area contributed by atoms with Gasteiger partial charge < -0.3 is 9.64 Å². The van der Waals surface area contributed by atoms with Crippen molar-refractivity contribution in [2.75, 3.05) is 26.2 Å². The van der Waals surface area contributed by atoms with Gasteiger partial charge in [-0.2, -0.15) is 0 Å². The standard InChI is InChI=1S/C13H22N2O3/c1-13(2,3)18-12(17)14-6-4-10(5-7-14)15-8-11(16)9-15/h10H,4-9H2,1-3H3. The van der Waals surface area contributed by atoms with Crippen molar-refractivity contribution < 1.29 is 14.3 Å². The summed E-state index contributed by atoms with van der Waals surface area (Å²) in [5, 5.41) is 0. The molecule has 0 bridgehead atoms. The predicted molar refractivity (Wildman–Crippen MR) is 67.4 cm³/mol. The van der Waals surface area contributed by atoms with Gasteiger partial charge in [-0.3, -0.25) is 9.69 Å². The Morgan fingerprint density at radius 3 is 2.22 bits per heavy atom. The number of carbonyl (C=O) groups is 2. The van der Waals surface area contributed by atoms with Crippen molar-refractivity contribution in [2.24, 2.45) is 0 Å². The monoisotopic (exact) mass is 254 g/mol. The number of hydrogen-bond donors (Lipinski definition) is 0. The Morgan fingerprint density at radius 2 is 1.78 bits per heavy atom. The molecule has 2 fully saturated rings. The molecule has 0 unspecified atom stereocenters. The lowest BCUT2D eigenvalue weighted by atomic mass is 9.99. The third-order valence-electron chi connectivity index (χ3n) is 3.39. The van der Waals surface area contributed by atoms with E-state index in [4.69, 9.17) is 4.74 Å². The molecule has 2 aliphatic heterocycles. The molecule has 2 saturated heterocycles. The molecule has 0 saturated carbocycles. The SMILES string of the molecule is CC(C)(C)OC(=O)N1CCC(N2CC(=O)C2)CC1. The van der Waals surface area contributed by atoms with Crippen LogP contribution in [-0.2, 0) is 9.53 Å². The third kappa shape index (κ3) is 3.22. The Bertz CT molecular complexity index is 333. The molecule has 5 nitrogen and oxygen atoms in total. The van der Waals surface area contributed by atoms with Crippen LogP contribution in [0.15, 0.2) is 0 Å². The molecule has 0 atom stereocenters. The molecule has 0 aromatic heterocycles. The summed E-state index contributed by atoms with van der Waals surface area (Å²) >= 11 is 0. The van der Waals surface area contributed by atoms with E-state index < -0.39 is 5.60 Å². The van der Waals surface area contributed by atoms with Gasteiger partial charge in [-0.1, -0.05) is 0 Å². The number of likely N-dealkylation sites (tertiary alicyclic amines) is 2. The quantitative estimate of drug-likeness (QED) is 0.707. The number of amides is 1. The van der Waals surface area contributed by atoms with E-state index in [1.54, 1.807) is 4.90 Å². The van der Waals surface area contributed by atoms with E-state index in [1.165, 1.54) is 0 Å². The van der Waals surface area contributed by atoms with Gasteiger partial charge in [0.05, 0.1) is 13.1 Å². The zero-order valence-electron chi connectivity index (χ0n) is 11.4. The number of ether oxygens (including phenoxy) is 1. The van der Waals surface area contributed by atoms with Gasteiger partial charge in [-0.05, 0) is 33.6 Å². The Kier molecular flexibility index (Phi) is 3.61. The summed E-state index contributed by atoms with van der Waals surface area (Å²) < 4.78 is 5.35. The van der Waals surface area contributed by atoms with E-state index in [0.717, 1.165) is 25.9 Å². The second kappa shape index (κ2) is 4.88. The number of nitrogens with zero attached hydrogens (tertiary/aromatic N) is 2. The molecule has 0 aromatic carbocycles. The normalized spacial score (nSPS) is 22.8. The first kappa shape index (κ1) is 13.3. The van der Waals surface area contributed by atoms with Gasteiger partial charge in [0.2, 0.25) is 0 Å². The molecule has 0 N–H and O–H groups in total. The molecule has 5 heteroatoms. The van der Waals surface area contributed by atoms with Crippen molar-refractivity contribution in [3.8, 4) is 0 Å². The summed E-state index contributed by atoms with van der Waals surface area (Å²) in [6, 6.07) is 0.460. The van der Waals surface area contributed by atoms with Gasteiger partial charge in [0.15, 0.2) is 5.78 Å². The number of ketones is 1. The number of Topliss-reactive ketones (excluding diaryl/α,β-unsaturated/α-hetero) is 1. The van der Waals surface area contributed by atoms with Crippen molar-refractivity contribution in [3.05, 3.63) is 0 Å². The van der Waals surface area contributed by atoms with Crippen LogP contribution in [0.1, 0.15) is 33.6 Å². The van der Waals surface area contributed by atoms with E-state index in [2.05, 4.69) is 4.90 Å². The van der Waals surface area contributed by atoms with Crippen LogP contribution in [0.2, 0.25) is 0 Å². The molecule has 18 heavy (non-hydrogen) atoms. The van der Waals surface area contributed by atoms with Crippen LogP contribution >= 0.6 is 0 Å². The van der Waals surface area contributed by atoms with Gasteiger partial charge in [0.25, 0.3) is 0 Å². The fourth-order valence-corrected chi connectivity index (χ4v) is 2.40. The topological polar surface area (TPSA) is 49.9 Å². The van der Waals surface area contributed by atoms with Crippen LogP contribution < -0.4 is 0 Å². The van der Waals surface area contributed by atoms with Crippen molar-refractivity contribution in [3.63, 3.8) is 0 Å². The van der Waals surface area contributed by atoms with Gasteiger partial charge in [-0.25, -0.2) is 4.79 Å². The van der Waals surface area contributed by atoms with Crippen molar-refractivity contribution in [2.45, 2.75) is 45.3 Å². The van der Waals surface area contributed by atoms with Gasteiger partial charge in [0.1, 0.15) is 5.60 Å². The summed E-state index contributed by atoms with van der Waals surface area (Å²) in [5.41, 5.74) is -0.433. The Balaban J connectivity index is 1.76. The van der Waals surface area contributed by atoms with E-state index in [9.17, 15) is 9.59 Å². The Hall–Kier alpha value is -1.10. The van der Waals surface area contributed by atoms with Crippen molar-refractivity contribution in [1.29, 1.82) is 0 Å². The van der Waals surface area contributed by atoms with Crippen LogP contribution in [0.5, 0.6) is 0 Å². The summed E-state index contributed by atoms with van der Waals surface area (Å²) in [6.07, 6.45) is 1.65. The maximum Gasteiger partial charge on any atom is 0.410 e. The number of carbonyl (C=O) groups excluding carboxylic acids is 2. The van der Waals surface area contributed by atoms with Crippen LogP contribution in [-0.4, -0.2) is 59.5 Å². The zero-order chi connectivity index (χ0) is 13.3. The first-order valence-corrected chi connectivity index (χ1v) is 6.59. The van der Waals surface area contributed by atoms with Gasteiger partial charge in [0, 0.05) is 19.1 Å². The lowest BCUT2D eigenvalue weighted by molar-refractivity contribution is -0.131. The first-order valence-electron chi connectivity index (χ1n) is 6.59. The smallest absolute Gasteiger partial charge is 0.410 e. The van der Waals surface area contributed by atoms with E-state index >= 15 is 0 Å². The molecule has 102 valence electrons. The minimum absolute atomic E-state index is 0.222. The highest BCUT2D eigenvalue weighted by Gasteiger charge is 2.34. The van der Waals surface area contributed by atoms with Crippen LogP contribution in [0.3, 0.4) is 0 Å². The zero-order valence-corrected chi connectivity index (χ0v) is 11.4. The molecule has 2 rings (SSSR count). The second-order valence-corrected chi connectivity index (χ2v) is 6.14. The predicted octanol–water partition coefficient (Wildman–Crippen LogP) is 1.27. The molecule has 0 spiro atoms. The molecule has 0 aliphatic carbocycles. The minimum Gasteiger partial charge on any atom is -0.444 e. The maximum atomic E-state index is 11.9. The van der Waals surface area contributed by atoms with Crippen LogP contribution in [0.25, 0.3) is 0 Å². The van der Waals surface area contributed by atoms with Crippen LogP contribution in [0.4, 0.5) is 4.79 Å². The van der Waals surface area contributed by atoms with E-state index in [1.807, 2.05) is 20.8 Å². The second-order valence-electron chi connectivity index (χ2n) is 6.14. The number of hydrogen-bond acceptors (Lipinski definition) is 4. The molecule has 2 heterocycles. The lowest BCUT2D eigenvalue weighted by Crippen LogP contribution is -2.56. The molecule has 0 aromatic rings. The highest BCUT2D eigenvalue weighted by atomic mass is 16.6. The molecular weight excluding hydrogens is 232 g/mol. The average Bonchev–Trinajstić information content (AvgIpc) is 2.23. The van der Waals surface area contributed by atoms with Crippen molar-refractivity contribution in [1.82, 2.24) is 9.80 Å². The molecule has 2 aliphatic rings. The lowest BCUT2D eigenvalue weighted by Gasteiger charge is -2.41. The largest absolute Gasteiger partial charge is 0.444 e. The van der Waals surface area contributed by atoms with Gasteiger partial charge in [-0.15, -0.1) is 0 Å². The van der Waals surface area contributed by atoms with Crippen molar-refractivity contribution >= 4 is 11.9 Å². The summed E-state index contributed by atoms with van der Waals surface area (Å²) in [6.45, 7) is 8.28. The fourth-order valence-electron chi connectivity index (χ4n) is 2.40. The molecular formula is C13H22N2O3. The highest BCUT2D eigenvalue weighted by molar-refractivity contribution is 5.87. The highest BCUT2D eigenvalue weighted by Crippen LogP contribution is 2.21. The number of piperidine rings is 1. The summed E-state index contributed by atoms with van der Waals surface area (Å²) in [5.74, 6) is 0.324. The Morgan fingerprint density at radius 1 is 1.22 bits per heavy atom.